The van der Waals surface area contributed by atoms with Crippen LogP contribution in [0.4, 0.5) is 11.4 Å². The molecule has 0 amide bonds. The van der Waals surface area contributed by atoms with Crippen molar-refractivity contribution in [1.82, 2.24) is 0 Å². The zero-order valence-corrected chi connectivity index (χ0v) is 18.0. The van der Waals surface area contributed by atoms with Gasteiger partial charge >= 0.3 is 0 Å². The minimum Gasteiger partial charge on any atom is -0.372 e. The molecular formula is C24H33ClN2O. The summed E-state index contributed by atoms with van der Waals surface area (Å²) >= 11 is 5.91. The molecule has 0 saturated carbocycles. The standard InChI is InChI=1S/C24H33ClN2O/c1-3-5-7-9-17-27(18-10-8-6-4-2)22-14-11-20(12-15-22)26-21-13-16-24(28)23(25)19-21/h11-16,19H,3-10,17-18H2,1-2H3. The third-order valence-corrected chi connectivity index (χ3v) is 5.25. The van der Waals surface area contributed by atoms with E-state index in [1.807, 2.05) is 12.1 Å². The van der Waals surface area contributed by atoms with Gasteiger partial charge in [-0.05, 0) is 55.3 Å². The van der Waals surface area contributed by atoms with Gasteiger partial charge in [0.05, 0.1) is 16.4 Å². The largest absolute Gasteiger partial charge is 0.372 e. The Kier molecular flexibility index (Phi) is 10.1. The Balaban J connectivity index is 2.02. The molecule has 1 aromatic carbocycles. The topological polar surface area (TPSA) is 32.7 Å². The van der Waals surface area contributed by atoms with Gasteiger partial charge in [-0.3, -0.25) is 4.79 Å². The highest BCUT2D eigenvalue weighted by atomic mass is 35.5. The van der Waals surface area contributed by atoms with Crippen LogP contribution < -0.4 is 4.90 Å². The number of benzene rings is 1. The minimum absolute atomic E-state index is 0.169. The molecular weight excluding hydrogens is 368 g/mol. The predicted molar refractivity (Wildman–Crippen MR) is 122 cm³/mol. The number of hydrogen-bond acceptors (Lipinski definition) is 3. The van der Waals surface area contributed by atoms with Crippen LogP contribution in [0.3, 0.4) is 0 Å². The summed E-state index contributed by atoms with van der Waals surface area (Å²) in [4.78, 5) is 18.5. The summed E-state index contributed by atoms with van der Waals surface area (Å²) in [6, 6.07) is 8.39. The normalized spacial score (nSPS) is 15.2. The van der Waals surface area contributed by atoms with Crippen LogP contribution in [0.25, 0.3) is 0 Å². The molecule has 0 aromatic heterocycles. The van der Waals surface area contributed by atoms with Crippen molar-refractivity contribution >= 4 is 34.5 Å². The van der Waals surface area contributed by atoms with E-state index in [1.54, 1.807) is 12.2 Å². The highest BCUT2D eigenvalue weighted by Gasteiger charge is 2.10. The van der Waals surface area contributed by atoms with Crippen LogP contribution in [0, 0.1) is 0 Å². The zero-order chi connectivity index (χ0) is 20.2. The van der Waals surface area contributed by atoms with Crippen molar-refractivity contribution in [2.75, 3.05) is 18.0 Å². The van der Waals surface area contributed by atoms with Gasteiger partial charge in [-0.15, -0.1) is 0 Å². The highest BCUT2D eigenvalue weighted by molar-refractivity contribution is 6.47. The van der Waals surface area contributed by atoms with E-state index in [0.29, 0.717) is 5.71 Å². The molecule has 2 rings (SSSR count). The summed E-state index contributed by atoms with van der Waals surface area (Å²) in [6.07, 6.45) is 15.0. The van der Waals surface area contributed by atoms with Crippen LogP contribution in [0.5, 0.6) is 0 Å². The van der Waals surface area contributed by atoms with Gasteiger partial charge in [0.25, 0.3) is 0 Å². The molecule has 28 heavy (non-hydrogen) atoms. The molecule has 1 aliphatic carbocycles. The molecule has 0 fully saturated rings. The molecule has 1 aliphatic rings. The van der Waals surface area contributed by atoms with Crippen LogP contribution in [0.2, 0.25) is 0 Å². The lowest BCUT2D eigenvalue weighted by Gasteiger charge is -2.25. The molecule has 1 aromatic rings. The van der Waals surface area contributed by atoms with Crippen LogP contribution in [0.15, 0.2) is 52.5 Å². The van der Waals surface area contributed by atoms with Crippen LogP contribution in [-0.4, -0.2) is 24.6 Å². The monoisotopic (exact) mass is 400 g/mol. The molecule has 0 radical (unpaired) electrons. The molecule has 4 heteroatoms. The third kappa shape index (κ3) is 7.63. The van der Waals surface area contributed by atoms with Gasteiger partial charge in [-0.25, -0.2) is 4.99 Å². The first kappa shape index (κ1) is 22.4. The molecule has 3 nitrogen and oxygen atoms in total. The zero-order valence-electron chi connectivity index (χ0n) is 17.3. The molecule has 0 aliphatic heterocycles. The maximum atomic E-state index is 11.4. The number of allylic oxidation sites excluding steroid dienone is 4. The lowest BCUT2D eigenvalue weighted by molar-refractivity contribution is -0.110. The van der Waals surface area contributed by atoms with E-state index in [0.717, 1.165) is 18.8 Å². The van der Waals surface area contributed by atoms with Crippen LogP contribution in [0.1, 0.15) is 65.2 Å². The van der Waals surface area contributed by atoms with Gasteiger partial charge < -0.3 is 4.90 Å². The molecule has 0 unspecified atom stereocenters. The molecule has 0 saturated heterocycles. The number of hydrogen-bond donors (Lipinski definition) is 0. The van der Waals surface area contributed by atoms with Crippen molar-refractivity contribution in [2.45, 2.75) is 65.2 Å². The quantitative estimate of drug-likeness (QED) is 0.280. The number of aliphatic imine (C=N–C) groups is 1. The third-order valence-electron chi connectivity index (χ3n) is 4.95. The second kappa shape index (κ2) is 12.6. The summed E-state index contributed by atoms with van der Waals surface area (Å²) in [6.45, 7) is 6.73. The maximum absolute atomic E-state index is 11.4. The number of anilines is 1. The van der Waals surface area contributed by atoms with E-state index in [1.165, 1.54) is 63.1 Å². The summed E-state index contributed by atoms with van der Waals surface area (Å²) < 4.78 is 0. The Labute approximate surface area is 175 Å². The summed E-state index contributed by atoms with van der Waals surface area (Å²) in [7, 11) is 0. The Morgan fingerprint density at radius 2 is 1.46 bits per heavy atom. The average Bonchev–Trinajstić information content (AvgIpc) is 2.70. The molecule has 0 bridgehead atoms. The van der Waals surface area contributed by atoms with Gasteiger partial charge in [0.1, 0.15) is 0 Å². The highest BCUT2D eigenvalue weighted by Crippen LogP contribution is 2.23. The van der Waals surface area contributed by atoms with Crippen LogP contribution >= 0.6 is 11.6 Å². The second-order valence-electron chi connectivity index (χ2n) is 7.35. The number of halogens is 1. The molecule has 152 valence electrons. The number of rotatable bonds is 12. The fourth-order valence-corrected chi connectivity index (χ4v) is 3.45. The van der Waals surface area contributed by atoms with Gasteiger partial charge in [-0.1, -0.05) is 64.0 Å². The van der Waals surface area contributed by atoms with Gasteiger partial charge in [0.2, 0.25) is 0 Å². The fraction of sp³-hybridized carbons (Fsp3) is 0.500. The van der Waals surface area contributed by atoms with Gasteiger partial charge in [-0.2, -0.15) is 0 Å². The molecule has 0 spiro atoms. The van der Waals surface area contributed by atoms with E-state index < -0.39 is 0 Å². The van der Waals surface area contributed by atoms with E-state index in [9.17, 15) is 4.79 Å². The maximum Gasteiger partial charge on any atom is 0.197 e. The summed E-state index contributed by atoms with van der Waals surface area (Å²) in [5.41, 5.74) is 2.84. The van der Waals surface area contributed by atoms with E-state index >= 15 is 0 Å². The molecule has 0 atom stereocenters. The Morgan fingerprint density at radius 1 is 0.857 bits per heavy atom. The summed E-state index contributed by atoms with van der Waals surface area (Å²) in [5, 5.41) is 0.211. The SMILES string of the molecule is CCCCCCN(CCCCCC)c1ccc(N=C2C=CC(=O)C(Cl)=C2)cc1. The first-order chi connectivity index (χ1) is 13.6. The number of unbranched alkanes of at least 4 members (excludes halogenated alkanes) is 6. The van der Waals surface area contributed by atoms with Crippen molar-refractivity contribution in [3.63, 3.8) is 0 Å². The Bertz CT molecular complexity index is 692. The number of nitrogens with zero attached hydrogens (tertiary/aromatic N) is 2. The number of carbonyl (C=O) groups excluding carboxylic acids is 1. The first-order valence-corrected chi connectivity index (χ1v) is 11.0. The number of ketones is 1. The predicted octanol–water partition coefficient (Wildman–Crippen LogP) is 6.99. The lowest BCUT2D eigenvalue weighted by Crippen LogP contribution is -2.25. The van der Waals surface area contributed by atoms with Crippen molar-refractivity contribution in [1.29, 1.82) is 0 Å². The van der Waals surface area contributed by atoms with Gasteiger partial charge in [0, 0.05) is 18.8 Å². The summed E-state index contributed by atoms with van der Waals surface area (Å²) in [5.74, 6) is -0.169. The Hall–Kier alpha value is -1.87. The van der Waals surface area contributed by atoms with E-state index in [2.05, 4.69) is 35.9 Å². The average molecular weight is 401 g/mol. The lowest BCUT2D eigenvalue weighted by atomic mass is 10.1. The van der Waals surface area contributed by atoms with Crippen molar-refractivity contribution in [3.8, 4) is 0 Å². The number of carbonyl (C=O) groups is 1. The second-order valence-corrected chi connectivity index (χ2v) is 7.76. The van der Waals surface area contributed by atoms with Crippen molar-refractivity contribution in [2.24, 2.45) is 4.99 Å². The van der Waals surface area contributed by atoms with Crippen molar-refractivity contribution in [3.05, 3.63) is 47.5 Å². The first-order valence-electron chi connectivity index (χ1n) is 10.7. The smallest absolute Gasteiger partial charge is 0.197 e. The molecule has 0 heterocycles. The van der Waals surface area contributed by atoms with Gasteiger partial charge in [0.15, 0.2) is 5.78 Å². The van der Waals surface area contributed by atoms with E-state index in [4.69, 9.17) is 11.6 Å². The fourth-order valence-electron chi connectivity index (χ4n) is 3.28. The van der Waals surface area contributed by atoms with E-state index in [-0.39, 0.29) is 10.8 Å². The van der Waals surface area contributed by atoms with Crippen LogP contribution in [-0.2, 0) is 4.79 Å². The van der Waals surface area contributed by atoms with Crippen molar-refractivity contribution < 1.29 is 4.79 Å². The Morgan fingerprint density at radius 3 is 2.00 bits per heavy atom. The molecule has 0 N–H and O–H groups in total. The minimum atomic E-state index is -0.169.